The first-order valence-corrected chi connectivity index (χ1v) is 7.75. The van der Waals surface area contributed by atoms with Gasteiger partial charge in [0.2, 0.25) is 0 Å². The van der Waals surface area contributed by atoms with Crippen LogP contribution in [0.4, 0.5) is 5.13 Å². The molecule has 1 aromatic heterocycles. The molecule has 22 heavy (non-hydrogen) atoms. The molecule has 0 unspecified atom stereocenters. The number of ether oxygens (including phenoxy) is 1. The minimum absolute atomic E-state index is 0.187. The van der Waals surface area contributed by atoms with Crippen LogP contribution in [0.5, 0.6) is 0 Å². The molecule has 1 heterocycles. The highest BCUT2D eigenvalue weighted by atomic mass is 32.1. The molecule has 120 valence electrons. The van der Waals surface area contributed by atoms with Gasteiger partial charge in [0.25, 0.3) is 5.91 Å². The van der Waals surface area contributed by atoms with Gasteiger partial charge >= 0.3 is 5.97 Å². The standard InChI is InChI=1S/C15H21N3O3S/c1-5-7-16-15-17-12(10-22-15)14(20)21-9-13(19)18(6-2)8-11(3)4/h5,10H,1,3,6-9H2,2,4H3,(H,16,17). The molecule has 7 heteroatoms. The van der Waals surface area contributed by atoms with Gasteiger partial charge in [0.15, 0.2) is 17.4 Å². The fourth-order valence-electron chi connectivity index (χ4n) is 1.60. The number of carbonyl (C=O) groups excluding carboxylic acids is 2. The summed E-state index contributed by atoms with van der Waals surface area (Å²) >= 11 is 1.29. The number of nitrogens with zero attached hydrogens (tertiary/aromatic N) is 2. The van der Waals surface area contributed by atoms with Crippen molar-refractivity contribution in [1.29, 1.82) is 0 Å². The zero-order valence-corrected chi connectivity index (χ0v) is 13.7. The quantitative estimate of drug-likeness (QED) is 0.558. The molecule has 0 aliphatic rings. The molecule has 0 radical (unpaired) electrons. The molecular weight excluding hydrogens is 302 g/mol. The van der Waals surface area contributed by atoms with Gasteiger partial charge in [0, 0.05) is 25.0 Å². The lowest BCUT2D eigenvalue weighted by molar-refractivity contribution is -0.133. The summed E-state index contributed by atoms with van der Waals surface area (Å²) in [5, 5.41) is 5.17. The van der Waals surface area contributed by atoms with E-state index >= 15 is 0 Å². The molecule has 0 fully saturated rings. The Balaban J connectivity index is 2.50. The molecule has 0 spiro atoms. The first kappa shape index (κ1) is 17.9. The molecule has 1 amide bonds. The first-order chi connectivity index (χ1) is 10.5. The highest BCUT2D eigenvalue weighted by Gasteiger charge is 2.17. The number of carbonyl (C=O) groups is 2. The van der Waals surface area contributed by atoms with E-state index in [0.29, 0.717) is 24.8 Å². The Kier molecular flexibility index (Phi) is 7.31. The van der Waals surface area contributed by atoms with Crippen molar-refractivity contribution in [3.8, 4) is 0 Å². The monoisotopic (exact) mass is 323 g/mol. The molecule has 0 bridgehead atoms. The fraction of sp³-hybridized carbons (Fsp3) is 0.400. The molecule has 0 saturated heterocycles. The topological polar surface area (TPSA) is 71.5 Å². The predicted molar refractivity (Wildman–Crippen MR) is 88.2 cm³/mol. The van der Waals surface area contributed by atoms with Crippen molar-refractivity contribution in [2.24, 2.45) is 0 Å². The number of nitrogens with one attached hydrogen (secondary N) is 1. The average molecular weight is 323 g/mol. The molecule has 0 atom stereocenters. The summed E-state index contributed by atoms with van der Waals surface area (Å²) in [4.78, 5) is 29.5. The summed E-state index contributed by atoms with van der Waals surface area (Å²) in [6.45, 7) is 12.3. The lowest BCUT2D eigenvalue weighted by atomic mass is 10.3. The van der Waals surface area contributed by atoms with E-state index in [4.69, 9.17) is 4.74 Å². The predicted octanol–water partition coefficient (Wildman–Crippen LogP) is 2.32. The molecule has 1 N–H and O–H groups in total. The summed E-state index contributed by atoms with van der Waals surface area (Å²) in [7, 11) is 0. The summed E-state index contributed by atoms with van der Waals surface area (Å²) in [6.07, 6.45) is 1.69. The maximum absolute atomic E-state index is 12.0. The Morgan fingerprint density at radius 1 is 1.55 bits per heavy atom. The molecule has 0 aliphatic carbocycles. The largest absolute Gasteiger partial charge is 0.451 e. The Bertz CT molecular complexity index is 554. The maximum Gasteiger partial charge on any atom is 0.358 e. The number of hydrogen-bond donors (Lipinski definition) is 1. The van der Waals surface area contributed by atoms with E-state index in [1.807, 2.05) is 13.8 Å². The van der Waals surface area contributed by atoms with Crippen LogP contribution in [0.25, 0.3) is 0 Å². The van der Waals surface area contributed by atoms with Crippen molar-refractivity contribution in [3.63, 3.8) is 0 Å². The van der Waals surface area contributed by atoms with E-state index in [9.17, 15) is 9.59 Å². The van der Waals surface area contributed by atoms with E-state index in [1.54, 1.807) is 16.4 Å². The van der Waals surface area contributed by atoms with Gasteiger partial charge < -0.3 is 15.0 Å². The molecule has 1 aromatic rings. The minimum atomic E-state index is -0.609. The zero-order valence-electron chi connectivity index (χ0n) is 12.9. The third-order valence-corrected chi connectivity index (χ3v) is 3.43. The van der Waals surface area contributed by atoms with Gasteiger partial charge in [-0.2, -0.15) is 0 Å². The molecule has 1 rings (SSSR count). The lowest BCUT2D eigenvalue weighted by Crippen LogP contribution is -2.35. The SMILES string of the molecule is C=CCNc1nc(C(=O)OCC(=O)N(CC)CC(=C)C)cs1. The van der Waals surface area contributed by atoms with Gasteiger partial charge in [-0.3, -0.25) is 4.79 Å². The van der Waals surface area contributed by atoms with Gasteiger partial charge in [-0.05, 0) is 13.8 Å². The number of hydrogen-bond acceptors (Lipinski definition) is 6. The van der Waals surface area contributed by atoms with Gasteiger partial charge in [-0.25, -0.2) is 9.78 Å². The smallest absolute Gasteiger partial charge is 0.358 e. The van der Waals surface area contributed by atoms with Crippen molar-refractivity contribution in [2.45, 2.75) is 13.8 Å². The van der Waals surface area contributed by atoms with Crippen molar-refractivity contribution in [2.75, 3.05) is 31.6 Å². The Hall–Kier alpha value is -2.15. The van der Waals surface area contributed by atoms with Gasteiger partial charge in [0.1, 0.15) is 0 Å². The van der Waals surface area contributed by atoms with Crippen LogP contribution in [0.2, 0.25) is 0 Å². The highest BCUT2D eigenvalue weighted by molar-refractivity contribution is 7.13. The molecule has 0 saturated carbocycles. The van der Waals surface area contributed by atoms with Crippen LogP contribution in [0, 0.1) is 0 Å². The van der Waals surface area contributed by atoms with Crippen LogP contribution in [-0.4, -0.2) is 48.0 Å². The molecular formula is C15H21N3O3S. The number of thiazole rings is 1. The van der Waals surface area contributed by atoms with Crippen molar-refractivity contribution in [3.05, 3.63) is 35.9 Å². The van der Waals surface area contributed by atoms with E-state index < -0.39 is 5.97 Å². The Labute approximate surface area is 134 Å². The Morgan fingerprint density at radius 2 is 2.27 bits per heavy atom. The van der Waals surface area contributed by atoms with Crippen LogP contribution in [-0.2, 0) is 9.53 Å². The van der Waals surface area contributed by atoms with Crippen molar-refractivity contribution < 1.29 is 14.3 Å². The molecule has 0 aromatic carbocycles. The number of aromatic nitrogens is 1. The van der Waals surface area contributed by atoms with Crippen LogP contribution < -0.4 is 5.32 Å². The van der Waals surface area contributed by atoms with Crippen LogP contribution in [0.3, 0.4) is 0 Å². The van der Waals surface area contributed by atoms with Crippen LogP contribution in [0.15, 0.2) is 30.2 Å². The van der Waals surface area contributed by atoms with Crippen LogP contribution >= 0.6 is 11.3 Å². The van der Waals surface area contributed by atoms with Gasteiger partial charge in [-0.15, -0.1) is 17.9 Å². The second-order valence-corrected chi connectivity index (χ2v) is 5.51. The van der Waals surface area contributed by atoms with Gasteiger partial charge in [-0.1, -0.05) is 18.2 Å². The maximum atomic E-state index is 12.0. The van der Waals surface area contributed by atoms with Crippen LogP contribution in [0.1, 0.15) is 24.3 Å². The van der Waals surface area contributed by atoms with E-state index in [2.05, 4.69) is 23.5 Å². The second kappa shape index (κ2) is 8.99. The third kappa shape index (κ3) is 5.69. The summed E-state index contributed by atoms with van der Waals surface area (Å²) in [5.74, 6) is -0.860. The minimum Gasteiger partial charge on any atom is -0.451 e. The first-order valence-electron chi connectivity index (χ1n) is 6.87. The van der Waals surface area contributed by atoms with E-state index in [0.717, 1.165) is 5.57 Å². The molecule has 6 nitrogen and oxygen atoms in total. The number of esters is 1. The van der Waals surface area contributed by atoms with Gasteiger partial charge in [0.05, 0.1) is 0 Å². The number of amides is 1. The highest BCUT2D eigenvalue weighted by Crippen LogP contribution is 2.15. The van der Waals surface area contributed by atoms with Crippen molar-refractivity contribution in [1.82, 2.24) is 9.88 Å². The lowest BCUT2D eigenvalue weighted by Gasteiger charge is -2.20. The summed E-state index contributed by atoms with van der Waals surface area (Å²) < 4.78 is 5.01. The fourth-order valence-corrected chi connectivity index (χ4v) is 2.29. The summed E-state index contributed by atoms with van der Waals surface area (Å²) in [5.41, 5.74) is 1.06. The zero-order chi connectivity index (χ0) is 16.5. The number of rotatable bonds is 9. The van der Waals surface area contributed by atoms with E-state index in [-0.39, 0.29) is 18.2 Å². The summed E-state index contributed by atoms with van der Waals surface area (Å²) in [6, 6.07) is 0. The Morgan fingerprint density at radius 3 is 2.86 bits per heavy atom. The average Bonchev–Trinajstić information content (AvgIpc) is 2.96. The second-order valence-electron chi connectivity index (χ2n) is 4.65. The molecule has 0 aliphatic heterocycles. The normalized spacial score (nSPS) is 9.91. The third-order valence-electron chi connectivity index (χ3n) is 2.63. The number of likely N-dealkylation sites (N-methyl/N-ethyl adjacent to an activating group) is 1. The number of anilines is 1. The van der Waals surface area contributed by atoms with Crippen molar-refractivity contribution >= 4 is 28.3 Å². The van der Waals surface area contributed by atoms with E-state index in [1.165, 1.54) is 11.3 Å².